The van der Waals surface area contributed by atoms with E-state index in [0.29, 0.717) is 36.6 Å². The Labute approximate surface area is 182 Å². The Morgan fingerprint density at radius 2 is 1.97 bits per heavy atom. The number of halogens is 3. The van der Waals surface area contributed by atoms with Crippen LogP contribution in [0.1, 0.15) is 51.8 Å². The summed E-state index contributed by atoms with van der Waals surface area (Å²) in [6.45, 7) is 3.94. The van der Waals surface area contributed by atoms with E-state index < -0.39 is 11.7 Å². The van der Waals surface area contributed by atoms with Gasteiger partial charge in [-0.1, -0.05) is 5.16 Å². The van der Waals surface area contributed by atoms with Gasteiger partial charge in [0.15, 0.2) is 0 Å². The minimum atomic E-state index is -4.57. The Morgan fingerprint density at radius 3 is 2.62 bits per heavy atom. The summed E-state index contributed by atoms with van der Waals surface area (Å²) >= 11 is 0. The summed E-state index contributed by atoms with van der Waals surface area (Å²) in [4.78, 5) is 29.4. The highest BCUT2D eigenvalue weighted by Crippen LogP contribution is 2.38. The molecule has 0 saturated carbocycles. The fraction of sp³-hybridized carbons (Fsp3) is 0.476. The van der Waals surface area contributed by atoms with Crippen LogP contribution in [0.4, 0.5) is 19.1 Å². The summed E-state index contributed by atoms with van der Waals surface area (Å²) in [6, 6.07) is 1.06. The van der Waals surface area contributed by atoms with Crippen molar-refractivity contribution in [1.29, 1.82) is 0 Å². The predicted octanol–water partition coefficient (Wildman–Crippen LogP) is 3.73. The van der Waals surface area contributed by atoms with Crippen LogP contribution in [0.2, 0.25) is 0 Å². The number of aromatic nitrogens is 4. The molecule has 0 spiro atoms. The number of nitrogens with zero attached hydrogens (tertiary/aromatic N) is 6. The van der Waals surface area contributed by atoms with Gasteiger partial charge in [-0.15, -0.1) is 0 Å². The molecule has 0 aromatic carbocycles. The number of pyridine rings is 1. The van der Waals surface area contributed by atoms with Crippen molar-refractivity contribution in [1.82, 2.24) is 25.0 Å². The molecule has 1 saturated heterocycles. The first kappa shape index (κ1) is 22.0. The Bertz CT molecular complexity index is 1170. The molecule has 1 aliphatic rings. The summed E-state index contributed by atoms with van der Waals surface area (Å²) in [5, 5.41) is 3.52. The van der Waals surface area contributed by atoms with Crippen LogP contribution < -0.4 is 4.90 Å². The number of piperidine rings is 1. The Hall–Kier alpha value is -3.24. The summed E-state index contributed by atoms with van der Waals surface area (Å²) in [5.41, 5.74) is 0.355. The first-order valence-corrected chi connectivity index (χ1v) is 10.2. The van der Waals surface area contributed by atoms with E-state index in [2.05, 4.69) is 20.1 Å². The van der Waals surface area contributed by atoms with Crippen LogP contribution in [0.15, 0.2) is 16.8 Å². The molecule has 8 nitrogen and oxygen atoms in total. The van der Waals surface area contributed by atoms with Crippen molar-refractivity contribution in [2.24, 2.45) is 0 Å². The standard InChI is InChI=1S/C21H23F3N6O2/c1-11-14(9-25-20(26-11)29(3)4)19(31)30-7-5-6-13(10-30)16-8-15(21(22,23)24)17-12(2)28-32-18(17)27-16/h8-9,13H,5-7,10H2,1-4H3/t13-/m1/s1. The molecule has 1 aliphatic heterocycles. The van der Waals surface area contributed by atoms with E-state index in [0.717, 1.165) is 6.07 Å². The molecule has 4 rings (SSSR count). The number of carbonyl (C=O) groups is 1. The zero-order valence-electron chi connectivity index (χ0n) is 18.2. The van der Waals surface area contributed by atoms with Gasteiger partial charge in [0.1, 0.15) is 0 Å². The zero-order valence-corrected chi connectivity index (χ0v) is 18.2. The number of rotatable bonds is 3. The van der Waals surface area contributed by atoms with Crippen molar-refractivity contribution in [3.8, 4) is 0 Å². The van der Waals surface area contributed by atoms with Crippen LogP contribution in [0.25, 0.3) is 11.1 Å². The fourth-order valence-electron chi connectivity index (χ4n) is 4.00. The van der Waals surface area contributed by atoms with E-state index in [1.54, 1.807) is 30.8 Å². The van der Waals surface area contributed by atoms with Gasteiger partial charge >= 0.3 is 6.18 Å². The van der Waals surface area contributed by atoms with Gasteiger partial charge in [0.25, 0.3) is 11.6 Å². The predicted molar refractivity (Wildman–Crippen MR) is 111 cm³/mol. The van der Waals surface area contributed by atoms with Crippen LogP contribution in [-0.2, 0) is 6.18 Å². The van der Waals surface area contributed by atoms with Gasteiger partial charge in [0.05, 0.1) is 33.6 Å². The van der Waals surface area contributed by atoms with Crippen molar-refractivity contribution in [3.63, 3.8) is 0 Å². The minimum Gasteiger partial charge on any atom is -0.347 e. The normalized spacial score (nSPS) is 17.1. The third kappa shape index (κ3) is 3.98. The second-order valence-electron chi connectivity index (χ2n) is 8.19. The van der Waals surface area contributed by atoms with E-state index in [-0.39, 0.29) is 40.9 Å². The lowest BCUT2D eigenvalue weighted by Crippen LogP contribution is -2.39. The van der Waals surface area contributed by atoms with Crippen LogP contribution >= 0.6 is 0 Å². The zero-order chi connectivity index (χ0) is 23.2. The summed E-state index contributed by atoms with van der Waals surface area (Å²) < 4.78 is 46.2. The number of hydrogen-bond donors (Lipinski definition) is 0. The smallest absolute Gasteiger partial charge is 0.347 e. The van der Waals surface area contributed by atoms with Gasteiger partial charge in [-0.05, 0) is 32.8 Å². The lowest BCUT2D eigenvalue weighted by atomic mass is 9.92. The van der Waals surface area contributed by atoms with Crippen LogP contribution in [-0.4, -0.2) is 58.1 Å². The maximum atomic E-state index is 13.7. The molecular weight excluding hydrogens is 425 g/mol. The van der Waals surface area contributed by atoms with Gasteiger partial charge in [0, 0.05) is 39.3 Å². The fourth-order valence-corrected chi connectivity index (χ4v) is 4.00. The highest BCUT2D eigenvalue weighted by molar-refractivity contribution is 5.95. The third-order valence-corrected chi connectivity index (χ3v) is 5.67. The lowest BCUT2D eigenvalue weighted by Gasteiger charge is -2.33. The quantitative estimate of drug-likeness (QED) is 0.603. The van der Waals surface area contributed by atoms with E-state index in [4.69, 9.17) is 4.52 Å². The Kier molecular flexibility index (Phi) is 5.51. The van der Waals surface area contributed by atoms with Crippen molar-refractivity contribution in [3.05, 3.63) is 40.5 Å². The molecule has 0 unspecified atom stereocenters. The second kappa shape index (κ2) is 8.03. The third-order valence-electron chi connectivity index (χ3n) is 5.67. The summed E-state index contributed by atoms with van der Waals surface area (Å²) in [5.74, 6) is -0.105. The Morgan fingerprint density at radius 1 is 1.22 bits per heavy atom. The molecular formula is C21H23F3N6O2. The molecule has 1 amide bonds. The summed E-state index contributed by atoms with van der Waals surface area (Å²) in [7, 11) is 3.61. The molecule has 0 bridgehead atoms. The average Bonchev–Trinajstić information content (AvgIpc) is 3.12. The molecule has 170 valence electrons. The molecule has 1 atom stereocenters. The largest absolute Gasteiger partial charge is 0.417 e. The van der Waals surface area contributed by atoms with Crippen molar-refractivity contribution in [2.45, 2.75) is 38.8 Å². The highest BCUT2D eigenvalue weighted by atomic mass is 19.4. The van der Waals surface area contributed by atoms with Gasteiger partial charge in [-0.2, -0.15) is 13.2 Å². The maximum absolute atomic E-state index is 13.7. The number of carbonyl (C=O) groups excluding carboxylic acids is 1. The van der Waals surface area contributed by atoms with Crippen molar-refractivity contribution in [2.75, 3.05) is 32.1 Å². The average molecular weight is 448 g/mol. The van der Waals surface area contributed by atoms with E-state index in [1.165, 1.54) is 13.1 Å². The minimum absolute atomic E-state index is 0.126. The van der Waals surface area contributed by atoms with Gasteiger partial charge in [-0.3, -0.25) is 4.79 Å². The lowest BCUT2D eigenvalue weighted by molar-refractivity contribution is -0.136. The Balaban J connectivity index is 1.63. The number of hydrogen-bond acceptors (Lipinski definition) is 7. The van der Waals surface area contributed by atoms with Crippen LogP contribution in [0.3, 0.4) is 0 Å². The SMILES string of the molecule is Cc1nc(N(C)C)ncc1C(=O)N1CCC[C@@H](c2cc(C(F)(F)F)c3c(C)noc3n2)C1. The number of alkyl halides is 3. The molecule has 0 radical (unpaired) electrons. The molecule has 3 aromatic heterocycles. The highest BCUT2D eigenvalue weighted by Gasteiger charge is 2.37. The molecule has 3 aromatic rings. The number of likely N-dealkylation sites (tertiary alicyclic amines) is 1. The molecule has 4 heterocycles. The van der Waals surface area contributed by atoms with Crippen molar-refractivity contribution >= 4 is 23.0 Å². The first-order chi connectivity index (χ1) is 15.1. The van der Waals surface area contributed by atoms with E-state index in [1.807, 2.05) is 0 Å². The molecule has 0 N–H and O–H groups in total. The van der Waals surface area contributed by atoms with Crippen LogP contribution in [0, 0.1) is 13.8 Å². The topological polar surface area (TPSA) is 88.3 Å². The van der Waals surface area contributed by atoms with E-state index >= 15 is 0 Å². The second-order valence-corrected chi connectivity index (χ2v) is 8.19. The number of amides is 1. The monoisotopic (exact) mass is 448 g/mol. The van der Waals surface area contributed by atoms with Crippen molar-refractivity contribution < 1.29 is 22.5 Å². The maximum Gasteiger partial charge on any atom is 0.417 e. The van der Waals surface area contributed by atoms with Crippen LogP contribution in [0.5, 0.6) is 0 Å². The van der Waals surface area contributed by atoms with E-state index in [9.17, 15) is 18.0 Å². The molecule has 32 heavy (non-hydrogen) atoms. The number of fused-ring (bicyclic) bond motifs is 1. The van der Waals surface area contributed by atoms with Gasteiger partial charge in [0.2, 0.25) is 5.95 Å². The van der Waals surface area contributed by atoms with Gasteiger partial charge < -0.3 is 14.3 Å². The summed E-state index contributed by atoms with van der Waals surface area (Å²) in [6.07, 6.45) is -1.82. The van der Waals surface area contributed by atoms with Gasteiger partial charge in [-0.25, -0.2) is 15.0 Å². The number of anilines is 1. The molecule has 11 heteroatoms. The molecule has 1 fully saturated rings. The molecule has 0 aliphatic carbocycles. The first-order valence-electron chi connectivity index (χ1n) is 10.2. The number of aryl methyl sites for hydroxylation is 2.